The predicted molar refractivity (Wildman–Crippen MR) is 73.8 cm³/mol. The van der Waals surface area contributed by atoms with Gasteiger partial charge in [0, 0.05) is 6.04 Å². The van der Waals surface area contributed by atoms with Crippen molar-refractivity contribution < 1.29 is 4.39 Å². The van der Waals surface area contributed by atoms with Crippen molar-refractivity contribution in [3.8, 4) is 0 Å². The highest BCUT2D eigenvalue weighted by molar-refractivity contribution is 9.11. The molecule has 0 bridgehead atoms. The van der Waals surface area contributed by atoms with Gasteiger partial charge in [0.15, 0.2) is 0 Å². The Kier molecular flexibility index (Phi) is 3.97. The van der Waals surface area contributed by atoms with E-state index in [1.54, 1.807) is 23.5 Å². The number of aryl methyl sites for hydroxylation is 1. The van der Waals surface area contributed by atoms with E-state index in [1.165, 1.54) is 6.07 Å². The van der Waals surface area contributed by atoms with E-state index in [9.17, 15) is 4.39 Å². The number of benzene rings is 1. The zero-order valence-corrected chi connectivity index (χ0v) is 11.8. The third-order valence-electron chi connectivity index (χ3n) is 2.77. The third kappa shape index (κ3) is 3.15. The number of nitrogens with two attached hydrogens (primary N) is 1. The first kappa shape index (κ1) is 12.7. The van der Waals surface area contributed by atoms with E-state index < -0.39 is 0 Å². The largest absolute Gasteiger partial charge is 0.324 e. The Bertz CT molecular complexity index is 524. The average molecular weight is 314 g/mol. The summed E-state index contributed by atoms with van der Waals surface area (Å²) in [7, 11) is 0. The smallest absolute Gasteiger partial charge is 0.123 e. The number of halogens is 2. The van der Waals surface area contributed by atoms with E-state index in [1.807, 2.05) is 18.4 Å². The Balaban J connectivity index is 2.18. The molecule has 17 heavy (non-hydrogen) atoms. The lowest BCUT2D eigenvalue weighted by Gasteiger charge is -2.12. The molecule has 2 N–H and O–H groups in total. The first-order valence-electron chi connectivity index (χ1n) is 5.31. The van der Waals surface area contributed by atoms with Gasteiger partial charge in [-0.3, -0.25) is 0 Å². The van der Waals surface area contributed by atoms with E-state index in [0.29, 0.717) is 6.42 Å². The molecule has 2 rings (SSSR count). The molecule has 0 spiro atoms. The zero-order valence-electron chi connectivity index (χ0n) is 9.41. The number of rotatable bonds is 3. The molecule has 0 saturated carbocycles. The van der Waals surface area contributed by atoms with Crippen LogP contribution in [-0.4, -0.2) is 0 Å². The van der Waals surface area contributed by atoms with Crippen molar-refractivity contribution >= 4 is 27.3 Å². The van der Waals surface area contributed by atoms with Crippen LogP contribution in [0.25, 0.3) is 0 Å². The first-order valence-corrected chi connectivity index (χ1v) is 6.98. The second-order valence-corrected chi connectivity index (χ2v) is 6.36. The van der Waals surface area contributed by atoms with Gasteiger partial charge in [-0.1, -0.05) is 6.07 Å². The SMILES string of the molecule is Cc1ccc(F)cc1CC(N)c1csc(Br)c1. The van der Waals surface area contributed by atoms with Crippen LogP contribution in [0.3, 0.4) is 0 Å². The number of thiophene rings is 1. The standard InChI is InChI=1S/C13H13BrFNS/c1-8-2-3-11(15)4-9(8)5-12(16)10-6-13(14)17-7-10/h2-4,6-7,12H,5,16H2,1H3. The molecule has 0 amide bonds. The Hall–Kier alpha value is -0.710. The topological polar surface area (TPSA) is 26.0 Å². The van der Waals surface area contributed by atoms with E-state index in [-0.39, 0.29) is 11.9 Å². The molecule has 0 saturated heterocycles. The number of hydrogen-bond acceptors (Lipinski definition) is 2. The summed E-state index contributed by atoms with van der Waals surface area (Å²) in [6.07, 6.45) is 0.659. The molecule has 1 nitrogen and oxygen atoms in total. The summed E-state index contributed by atoms with van der Waals surface area (Å²) in [6, 6.07) is 6.77. The molecular formula is C13H13BrFNS. The molecule has 2 aromatic rings. The maximum absolute atomic E-state index is 13.2. The summed E-state index contributed by atoms with van der Waals surface area (Å²) in [5.74, 6) is -0.204. The molecule has 90 valence electrons. The average Bonchev–Trinajstić information content (AvgIpc) is 2.70. The summed E-state index contributed by atoms with van der Waals surface area (Å²) < 4.78 is 14.2. The fourth-order valence-corrected chi connectivity index (χ4v) is 2.97. The lowest BCUT2D eigenvalue weighted by atomic mass is 9.98. The van der Waals surface area contributed by atoms with Gasteiger partial charge in [0.1, 0.15) is 5.82 Å². The fourth-order valence-electron chi connectivity index (χ4n) is 1.73. The van der Waals surface area contributed by atoms with Crippen molar-refractivity contribution in [1.82, 2.24) is 0 Å². The Labute approximate surface area is 113 Å². The molecule has 0 aliphatic heterocycles. The molecule has 1 atom stereocenters. The van der Waals surface area contributed by atoms with Gasteiger partial charge in [-0.15, -0.1) is 11.3 Å². The molecule has 1 aromatic heterocycles. The first-order chi connectivity index (χ1) is 8.06. The van der Waals surface area contributed by atoms with Crippen LogP contribution in [-0.2, 0) is 6.42 Å². The Morgan fingerprint density at radius 3 is 2.82 bits per heavy atom. The van der Waals surface area contributed by atoms with Gasteiger partial charge < -0.3 is 5.73 Å². The van der Waals surface area contributed by atoms with Crippen molar-refractivity contribution in [3.63, 3.8) is 0 Å². The van der Waals surface area contributed by atoms with Crippen molar-refractivity contribution in [2.75, 3.05) is 0 Å². The van der Waals surface area contributed by atoms with Gasteiger partial charge in [-0.05, 0) is 69.5 Å². The molecule has 0 fully saturated rings. The lowest BCUT2D eigenvalue weighted by molar-refractivity contribution is 0.621. The van der Waals surface area contributed by atoms with Crippen LogP contribution in [0.2, 0.25) is 0 Å². The minimum Gasteiger partial charge on any atom is -0.324 e. The molecule has 0 aliphatic rings. The second-order valence-electron chi connectivity index (χ2n) is 4.07. The minimum absolute atomic E-state index is 0.0851. The van der Waals surface area contributed by atoms with Crippen LogP contribution in [0.4, 0.5) is 4.39 Å². The summed E-state index contributed by atoms with van der Waals surface area (Å²) in [6.45, 7) is 1.98. The molecular weight excluding hydrogens is 301 g/mol. The maximum Gasteiger partial charge on any atom is 0.123 e. The van der Waals surface area contributed by atoms with Gasteiger partial charge in [-0.25, -0.2) is 4.39 Å². The van der Waals surface area contributed by atoms with Crippen LogP contribution in [0.1, 0.15) is 22.7 Å². The summed E-state index contributed by atoms with van der Waals surface area (Å²) in [5.41, 5.74) is 9.26. The van der Waals surface area contributed by atoms with Crippen molar-refractivity contribution in [3.05, 3.63) is 55.9 Å². The minimum atomic E-state index is -0.204. The van der Waals surface area contributed by atoms with Crippen LogP contribution in [0, 0.1) is 12.7 Å². The zero-order chi connectivity index (χ0) is 12.4. The highest BCUT2D eigenvalue weighted by Crippen LogP contribution is 2.26. The number of hydrogen-bond donors (Lipinski definition) is 1. The van der Waals surface area contributed by atoms with Crippen molar-refractivity contribution in [2.24, 2.45) is 5.73 Å². The summed E-state index contributed by atoms with van der Waals surface area (Å²) >= 11 is 5.03. The summed E-state index contributed by atoms with van der Waals surface area (Å²) in [5, 5.41) is 2.03. The van der Waals surface area contributed by atoms with Crippen molar-refractivity contribution in [2.45, 2.75) is 19.4 Å². The Morgan fingerprint density at radius 1 is 1.41 bits per heavy atom. The van der Waals surface area contributed by atoms with E-state index in [0.717, 1.165) is 20.5 Å². The van der Waals surface area contributed by atoms with E-state index >= 15 is 0 Å². The second kappa shape index (κ2) is 5.29. The normalized spacial score (nSPS) is 12.7. The third-order valence-corrected chi connectivity index (χ3v) is 4.29. The van der Waals surface area contributed by atoms with Crippen molar-refractivity contribution in [1.29, 1.82) is 0 Å². The molecule has 1 unspecified atom stereocenters. The molecule has 1 aromatic carbocycles. The van der Waals surface area contributed by atoms with Crippen LogP contribution < -0.4 is 5.73 Å². The van der Waals surface area contributed by atoms with E-state index in [4.69, 9.17) is 5.73 Å². The van der Waals surface area contributed by atoms with Gasteiger partial charge in [0.25, 0.3) is 0 Å². The highest BCUT2D eigenvalue weighted by Gasteiger charge is 2.11. The van der Waals surface area contributed by atoms with Gasteiger partial charge in [-0.2, -0.15) is 0 Å². The Morgan fingerprint density at radius 2 is 2.18 bits per heavy atom. The fraction of sp³-hybridized carbons (Fsp3) is 0.231. The quantitative estimate of drug-likeness (QED) is 0.903. The molecule has 1 heterocycles. The van der Waals surface area contributed by atoms with E-state index in [2.05, 4.69) is 15.9 Å². The monoisotopic (exact) mass is 313 g/mol. The van der Waals surface area contributed by atoms with Crippen LogP contribution in [0.5, 0.6) is 0 Å². The van der Waals surface area contributed by atoms with Gasteiger partial charge in [0.2, 0.25) is 0 Å². The lowest BCUT2D eigenvalue weighted by Crippen LogP contribution is -2.13. The summed E-state index contributed by atoms with van der Waals surface area (Å²) in [4.78, 5) is 0. The predicted octanol–water partition coefficient (Wildman–Crippen LogP) is 4.20. The molecule has 0 radical (unpaired) electrons. The molecule has 4 heteroatoms. The van der Waals surface area contributed by atoms with Gasteiger partial charge >= 0.3 is 0 Å². The molecule has 0 aliphatic carbocycles. The van der Waals surface area contributed by atoms with Crippen LogP contribution in [0.15, 0.2) is 33.4 Å². The highest BCUT2D eigenvalue weighted by atomic mass is 79.9. The van der Waals surface area contributed by atoms with Gasteiger partial charge in [0.05, 0.1) is 3.79 Å². The maximum atomic E-state index is 13.2. The van der Waals surface area contributed by atoms with Crippen LogP contribution >= 0.6 is 27.3 Å².